The smallest absolute Gasteiger partial charge is 0.159 e. The van der Waals surface area contributed by atoms with Gasteiger partial charge in [-0.25, -0.2) is 0 Å². The number of piperidine rings is 1. The normalized spacial score (nSPS) is 22.1. The molecular weight excluding hydrogens is 292 g/mol. The number of nitrogens with two attached hydrogens (primary N) is 1. The molecule has 0 bridgehead atoms. The van der Waals surface area contributed by atoms with Gasteiger partial charge in [0.1, 0.15) is 5.75 Å². The molecule has 2 N–H and O–H groups in total. The molecule has 128 valence electrons. The zero-order valence-corrected chi connectivity index (χ0v) is 14.4. The second kappa shape index (κ2) is 8.43. The Morgan fingerprint density at radius 3 is 2.83 bits per heavy atom. The number of benzene rings is 1. The van der Waals surface area contributed by atoms with Crippen LogP contribution in [0.3, 0.4) is 0 Å². The molecule has 1 fully saturated rings. The molecule has 1 saturated heterocycles. The van der Waals surface area contributed by atoms with Gasteiger partial charge in [-0.15, -0.1) is 0 Å². The number of rotatable bonds is 7. The summed E-state index contributed by atoms with van der Waals surface area (Å²) in [6.07, 6.45) is 2.24. The maximum absolute atomic E-state index is 11.7. The van der Waals surface area contributed by atoms with Gasteiger partial charge in [-0.3, -0.25) is 9.69 Å². The van der Waals surface area contributed by atoms with Crippen LogP contribution in [0.15, 0.2) is 18.2 Å². The lowest BCUT2D eigenvalue weighted by molar-refractivity contribution is 0.00995. The van der Waals surface area contributed by atoms with E-state index in [4.69, 9.17) is 15.2 Å². The van der Waals surface area contributed by atoms with Crippen LogP contribution in [-0.4, -0.2) is 49.6 Å². The average Bonchev–Trinajstić information content (AvgIpc) is 2.56. The maximum Gasteiger partial charge on any atom is 0.159 e. The number of ketones is 1. The van der Waals surface area contributed by atoms with Crippen molar-refractivity contribution in [1.82, 2.24) is 4.90 Å². The predicted octanol–water partition coefficient (Wildman–Crippen LogP) is 2.23. The second-order valence-corrected chi connectivity index (χ2v) is 6.05. The highest BCUT2D eigenvalue weighted by Crippen LogP contribution is 2.26. The van der Waals surface area contributed by atoms with Crippen molar-refractivity contribution in [3.05, 3.63) is 29.3 Å². The van der Waals surface area contributed by atoms with Crippen LogP contribution in [0.25, 0.3) is 0 Å². The van der Waals surface area contributed by atoms with Crippen molar-refractivity contribution >= 4 is 5.78 Å². The zero-order chi connectivity index (χ0) is 16.8. The summed E-state index contributed by atoms with van der Waals surface area (Å²) in [5, 5.41) is 0. The first-order valence-corrected chi connectivity index (χ1v) is 8.32. The van der Waals surface area contributed by atoms with Gasteiger partial charge in [-0.1, -0.05) is 0 Å². The Morgan fingerprint density at radius 2 is 2.22 bits per heavy atom. The van der Waals surface area contributed by atoms with E-state index in [2.05, 4.69) is 4.90 Å². The van der Waals surface area contributed by atoms with Crippen molar-refractivity contribution in [3.8, 4) is 5.75 Å². The number of ether oxygens (including phenoxy) is 2. The number of methoxy groups -OCH3 is 1. The van der Waals surface area contributed by atoms with Crippen LogP contribution >= 0.6 is 0 Å². The Bertz CT molecular complexity index is 533. The lowest BCUT2D eigenvalue weighted by Crippen LogP contribution is -2.48. The molecular formula is C18H28N2O3. The van der Waals surface area contributed by atoms with E-state index in [-0.39, 0.29) is 11.9 Å². The van der Waals surface area contributed by atoms with E-state index >= 15 is 0 Å². The molecule has 2 unspecified atom stereocenters. The highest BCUT2D eigenvalue weighted by Gasteiger charge is 2.28. The van der Waals surface area contributed by atoms with Gasteiger partial charge in [0.05, 0.1) is 12.7 Å². The summed E-state index contributed by atoms with van der Waals surface area (Å²) < 4.78 is 11.2. The first-order valence-electron chi connectivity index (χ1n) is 8.32. The average molecular weight is 320 g/mol. The van der Waals surface area contributed by atoms with Gasteiger partial charge >= 0.3 is 0 Å². The summed E-state index contributed by atoms with van der Waals surface area (Å²) >= 11 is 0. The summed E-state index contributed by atoms with van der Waals surface area (Å²) in [6, 6.07) is 5.97. The highest BCUT2D eigenvalue weighted by molar-refractivity contribution is 5.94. The van der Waals surface area contributed by atoms with Gasteiger partial charge in [0.15, 0.2) is 5.78 Å². The van der Waals surface area contributed by atoms with Gasteiger partial charge in [0.2, 0.25) is 0 Å². The van der Waals surface area contributed by atoms with Gasteiger partial charge in [-0.2, -0.15) is 0 Å². The molecule has 1 aromatic rings. The lowest BCUT2D eigenvalue weighted by atomic mass is 9.97. The Hall–Kier alpha value is -1.43. The molecule has 1 heterocycles. The molecule has 5 heteroatoms. The molecule has 1 aliphatic heterocycles. The van der Waals surface area contributed by atoms with Gasteiger partial charge in [0, 0.05) is 43.9 Å². The fourth-order valence-electron chi connectivity index (χ4n) is 3.17. The third kappa shape index (κ3) is 4.53. The molecule has 0 radical (unpaired) electrons. The van der Waals surface area contributed by atoms with E-state index in [1.54, 1.807) is 14.0 Å². The number of hydrogen-bond donors (Lipinski definition) is 1. The van der Waals surface area contributed by atoms with Gasteiger partial charge in [0.25, 0.3) is 0 Å². The molecule has 0 spiro atoms. The number of carbonyl (C=O) groups excluding carboxylic acids is 1. The molecule has 0 aliphatic carbocycles. The maximum atomic E-state index is 11.7. The molecule has 2 rings (SSSR count). The lowest BCUT2D eigenvalue weighted by Gasteiger charge is -2.38. The van der Waals surface area contributed by atoms with E-state index in [1.807, 2.05) is 25.1 Å². The fraction of sp³-hybridized carbons (Fsp3) is 0.611. The van der Waals surface area contributed by atoms with Gasteiger partial charge in [-0.05, 0) is 44.9 Å². The molecule has 0 saturated carbocycles. The largest absolute Gasteiger partial charge is 0.494 e. The minimum absolute atomic E-state index is 0.0720. The molecule has 2 atom stereocenters. The molecule has 0 amide bonds. The summed E-state index contributed by atoms with van der Waals surface area (Å²) in [5.74, 6) is 0.921. The van der Waals surface area contributed by atoms with Crippen LogP contribution < -0.4 is 10.5 Å². The number of hydrogen-bond acceptors (Lipinski definition) is 5. The third-order valence-corrected chi connectivity index (χ3v) is 4.54. The van der Waals surface area contributed by atoms with Crippen LogP contribution in [-0.2, 0) is 11.3 Å². The number of Topliss-reactive ketones (excluding diaryl/α,β-unsaturated/α-hetero) is 1. The van der Waals surface area contributed by atoms with E-state index < -0.39 is 0 Å². The van der Waals surface area contributed by atoms with Crippen LogP contribution in [0.5, 0.6) is 5.75 Å². The van der Waals surface area contributed by atoms with E-state index in [0.29, 0.717) is 19.2 Å². The van der Waals surface area contributed by atoms with Crippen LogP contribution in [0.1, 0.15) is 42.6 Å². The summed E-state index contributed by atoms with van der Waals surface area (Å²) in [6.45, 7) is 6.46. The third-order valence-electron chi connectivity index (χ3n) is 4.54. The van der Waals surface area contributed by atoms with Crippen LogP contribution in [0, 0.1) is 0 Å². The Kier molecular flexibility index (Phi) is 6.57. The highest BCUT2D eigenvalue weighted by atomic mass is 16.5. The fourth-order valence-corrected chi connectivity index (χ4v) is 3.17. The quantitative estimate of drug-likeness (QED) is 0.781. The molecule has 1 aromatic carbocycles. The van der Waals surface area contributed by atoms with Crippen LogP contribution in [0.2, 0.25) is 0 Å². The SMILES string of the molecule is CCOc1ccc(C(C)=O)cc1CN1CCC(OC)CC1CN. The van der Waals surface area contributed by atoms with Crippen molar-refractivity contribution in [2.24, 2.45) is 5.73 Å². The monoisotopic (exact) mass is 320 g/mol. The molecule has 23 heavy (non-hydrogen) atoms. The first-order chi connectivity index (χ1) is 11.1. The Labute approximate surface area is 138 Å². The number of carbonyl (C=O) groups is 1. The summed E-state index contributed by atoms with van der Waals surface area (Å²) in [4.78, 5) is 14.0. The summed E-state index contributed by atoms with van der Waals surface area (Å²) in [5.41, 5.74) is 7.73. The number of nitrogens with zero attached hydrogens (tertiary/aromatic N) is 1. The predicted molar refractivity (Wildman–Crippen MR) is 90.9 cm³/mol. The van der Waals surface area contributed by atoms with E-state index in [1.165, 1.54) is 0 Å². The molecule has 0 aromatic heterocycles. The number of likely N-dealkylation sites (tertiary alicyclic amines) is 1. The Balaban J connectivity index is 2.19. The van der Waals surface area contributed by atoms with Crippen molar-refractivity contribution in [2.75, 3.05) is 26.8 Å². The molecule has 1 aliphatic rings. The minimum Gasteiger partial charge on any atom is -0.494 e. The standard InChI is InChI=1S/C18H28N2O3/c1-4-23-18-6-5-14(13(2)21)9-15(18)12-20-8-7-17(22-3)10-16(20)11-19/h5-6,9,16-17H,4,7-8,10-12,19H2,1-3H3. The van der Waals surface area contributed by atoms with Gasteiger partial charge < -0.3 is 15.2 Å². The van der Waals surface area contributed by atoms with E-state index in [0.717, 1.165) is 42.8 Å². The minimum atomic E-state index is 0.0720. The molecule has 5 nitrogen and oxygen atoms in total. The summed E-state index contributed by atoms with van der Waals surface area (Å²) in [7, 11) is 1.76. The van der Waals surface area contributed by atoms with Crippen molar-refractivity contribution in [3.63, 3.8) is 0 Å². The van der Waals surface area contributed by atoms with E-state index in [9.17, 15) is 4.79 Å². The first kappa shape index (κ1) is 17.9. The van der Waals surface area contributed by atoms with Crippen molar-refractivity contribution < 1.29 is 14.3 Å². The second-order valence-electron chi connectivity index (χ2n) is 6.05. The van der Waals surface area contributed by atoms with Crippen molar-refractivity contribution in [2.45, 2.75) is 45.4 Å². The van der Waals surface area contributed by atoms with Crippen LogP contribution in [0.4, 0.5) is 0 Å². The van der Waals surface area contributed by atoms with Crippen molar-refractivity contribution in [1.29, 1.82) is 0 Å². The zero-order valence-electron chi connectivity index (χ0n) is 14.4. The Morgan fingerprint density at radius 1 is 1.43 bits per heavy atom. The topological polar surface area (TPSA) is 64.8 Å².